The second-order valence-electron chi connectivity index (χ2n) is 11.1. The number of rotatable bonds is 6. The Hall–Kier alpha value is -3.14. The van der Waals surface area contributed by atoms with Crippen LogP contribution in [0.15, 0.2) is 106 Å². The zero-order valence-corrected chi connectivity index (χ0v) is 23.3. The third-order valence-electron chi connectivity index (χ3n) is 8.47. The van der Waals surface area contributed by atoms with E-state index in [0.717, 1.165) is 43.9 Å². The van der Waals surface area contributed by atoms with E-state index >= 15 is 0 Å². The van der Waals surface area contributed by atoms with Crippen molar-refractivity contribution in [2.45, 2.75) is 53.4 Å². The first-order valence-corrected chi connectivity index (χ1v) is 13.9. The predicted molar refractivity (Wildman–Crippen MR) is 151 cm³/mol. The molecule has 4 unspecified atom stereocenters. The van der Waals surface area contributed by atoms with Crippen LogP contribution in [0.5, 0.6) is 0 Å². The Bertz CT molecular complexity index is 1110. The van der Waals surface area contributed by atoms with Crippen molar-refractivity contribution >= 4 is 0 Å². The average Bonchev–Trinajstić information content (AvgIpc) is 3.39. The van der Waals surface area contributed by atoms with Gasteiger partial charge in [0.2, 0.25) is 0 Å². The van der Waals surface area contributed by atoms with Gasteiger partial charge in [-0.05, 0) is 84.8 Å². The lowest BCUT2D eigenvalue weighted by atomic mass is 9.77. The van der Waals surface area contributed by atoms with Gasteiger partial charge in [-0.15, -0.1) is 0 Å². The Labute approximate surface area is 223 Å². The molecule has 0 radical (unpaired) electrons. The predicted octanol–water partition coefficient (Wildman–Crippen LogP) is 7.73. The third-order valence-corrected chi connectivity index (χ3v) is 8.47. The molecular formula is C33H42N2O2. The summed E-state index contributed by atoms with van der Waals surface area (Å²) in [6.45, 7) is 10.2. The largest absolute Gasteiger partial charge is 0.496 e. The number of ether oxygens (including phenoxy) is 2. The molecule has 0 N–H and O–H groups in total. The summed E-state index contributed by atoms with van der Waals surface area (Å²) in [6.07, 6.45) is 26.8. The van der Waals surface area contributed by atoms with Crippen LogP contribution in [-0.2, 0) is 9.47 Å². The molecule has 4 nitrogen and oxygen atoms in total. The second-order valence-corrected chi connectivity index (χ2v) is 11.1. The molecule has 4 heteroatoms. The van der Waals surface area contributed by atoms with E-state index in [-0.39, 0.29) is 0 Å². The molecule has 37 heavy (non-hydrogen) atoms. The highest BCUT2D eigenvalue weighted by atomic mass is 16.5. The average molecular weight is 499 g/mol. The molecule has 1 heterocycles. The van der Waals surface area contributed by atoms with Crippen LogP contribution in [0.1, 0.15) is 53.4 Å². The maximum atomic E-state index is 5.88. The molecule has 0 saturated heterocycles. The second kappa shape index (κ2) is 10.7. The molecule has 0 aromatic heterocycles. The number of methoxy groups -OCH3 is 2. The molecule has 0 amide bonds. The van der Waals surface area contributed by atoms with Crippen molar-refractivity contribution in [3.05, 3.63) is 106 Å². The summed E-state index contributed by atoms with van der Waals surface area (Å²) in [6, 6.07) is 0. The molecule has 0 bridgehead atoms. The summed E-state index contributed by atoms with van der Waals surface area (Å²) in [4.78, 5) is 4.83. The molecular weight excluding hydrogens is 456 g/mol. The van der Waals surface area contributed by atoms with Crippen molar-refractivity contribution in [1.29, 1.82) is 0 Å². The molecule has 0 saturated carbocycles. The smallest absolute Gasteiger partial charge is 0.122 e. The van der Waals surface area contributed by atoms with Gasteiger partial charge in [-0.1, -0.05) is 52.0 Å². The Balaban J connectivity index is 1.55. The van der Waals surface area contributed by atoms with Crippen LogP contribution in [0.25, 0.3) is 0 Å². The first kappa shape index (κ1) is 25.5. The normalized spacial score (nSPS) is 29.9. The minimum Gasteiger partial charge on any atom is -0.496 e. The van der Waals surface area contributed by atoms with Crippen LogP contribution in [0.3, 0.4) is 0 Å². The van der Waals surface area contributed by atoms with E-state index in [2.05, 4.69) is 98.5 Å². The standard InChI is InChI=1S/C33H42N2O2/c1-22-11-7-15-26(30(22)32-24(3)13-9-17-28(32)36-5)34-19-20-35(21-34)27-16-8-12-23(2)31(27)33-25(4)14-10-18-29(33)37-6/h7-10,15-20,22-25H,11-14,21H2,1-6H3. The Kier molecular flexibility index (Phi) is 7.37. The summed E-state index contributed by atoms with van der Waals surface area (Å²) < 4.78 is 11.8. The molecule has 4 atom stereocenters. The maximum absolute atomic E-state index is 5.88. The lowest BCUT2D eigenvalue weighted by molar-refractivity contribution is 0.292. The van der Waals surface area contributed by atoms with Crippen LogP contribution in [-0.4, -0.2) is 30.7 Å². The fourth-order valence-corrected chi connectivity index (χ4v) is 6.54. The van der Waals surface area contributed by atoms with E-state index in [1.807, 2.05) is 0 Å². The number of hydrogen-bond acceptors (Lipinski definition) is 4. The Morgan fingerprint density at radius 1 is 0.541 bits per heavy atom. The quantitative estimate of drug-likeness (QED) is 0.374. The Morgan fingerprint density at radius 3 is 1.27 bits per heavy atom. The molecule has 5 aliphatic rings. The molecule has 0 fully saturated rings. The van der Waals surface area contributed by atoms with Crippen LogP contribution in [0.2, 0.25) is 0 Å². The zero-order valence-electron chi connectivity index (χ0n) is 23.3. The molecule has 4 aliphatic carbocycles. The van der Waals surface area contributed by atoms with E-state index in [0.29, 0.717) is 23.7 Å². The van der Waals surface area contributed by atoms with Crippen molar-refractivity contribution in [3.8, 4) is 0 Å². The molecule has 0 aromatic rings. The monoisotopic (exact) mass is 498 g/mol. The third kappa shape index (κ3) is 4.67. The first-order chi connectivity index (χ1) is 17.9. The van der Waals surface area contributed by atoms with Gasteiger partial charge in [-0.2, -0.15) is 0 Å². The van der Waals surface area contributed by atoms with Crippen molar-refractivity contribution < 1.29 is 9.47 Å². The molecule has 196 valence electrons. The molecule has 0 aromatic carbocycles. The number of hydrogen-bond donors (Lipinski definition) is 0. The van der Waals surface area contributed by atoms with Crippen molar-refractivity contribution in [2.75, 3.05) is 20.9 Å². The summed E-state index contributed by atoms with van der Waals surface area (Å²) in [5.41, 5.74) is 8.19. The van der Waals surface area contributed by atoms with E-state index < -0.39 is 0 Å². The maximum Gasteiger partial charge on any atom is 0.122 e. The van der Waals surface area contributed by atoms with Gasteiger partial charge >= 0.3 is 0 Å². The van der Waals surface area contributed by atoms with Crippen LogP contribution >= 0.6 is 0 Å². The van der Waals surface area contributed by atoms with Gasteiger partial charge in [-0.3, -0.25) is 0 Å². The number of allylic oxidation sites excluding steroid dienone is 12. The Morgan fingerprint density at radius 2 is 0.892 bits per heavy atom. The highest BCUT2D eigenvalue weighted by molar-refractivity contribution is 5.52. The van der Waals surface area contributed by atoms with E-state index in [9.17, 15) is 0 Å². The van der Waals surface area contributed by atoms with Gasteiger partial charge in [0.15, 0.2) is 0 Å². The SMILES string of the molecule is COC1=C(C2=C(N3C=CN(C4=C(C5=C(OC)C=CCC5C)C(C)CC=C4)C3)C=CCC2C)C(C)CC=C1. The topological polar surface area (TPSA) is 24.9 Å². The van der Waals surface area contributed by atoms with E-state index in [1.165, 1.54) is 33.7 Å². The fourth-order valence-electron chi connectivity index (χ4n) is 6.54. The summed E-state index contributed by atoms with van der Waals surface area (Å²) >= 11 is 0. The molecule has 5 rings (SSSR count). The van der Waals surface area contributed by atoms with Gasteiger partial charge in [0, 0.05) is 34.9 Å². The van der Waals surface area contributed by atoms with Crippen LogP contribution in [0.4, 0.5) is 0 Å². The van der Waals surface area contributed by atoms with Crippen molar-refractivity contribution in [3.63, 3.8) is 0 Å². The minimum atomic E-state index is 0.443. The highest BCUT2D eigenvalue weighted by Gasteiger charge is 2.33. The molecule has 0 spiro atoms. The van der Waals surface area contributed by atoms with Gasteiger partial charge in [-0.25, -0.2) is 0 Å². The van der Waals surface area contributed by atoms with Gasteiger partial charge in [0.05, 0.1) is 20.9 Å². The summed E-state index contributed by atoms with van der Waals surface area (Å²) in [5, 5.41) is 0. The van der Waals surface area contributed by atoms with Crippen molar-refractivity contribution in [1.82, 2.24) is 9.80 Å². The lowest BCUT2D eigenvalue weighted by Crippen LogP contribution is -2.30. The summed E-state index contributed by atoms with van der Waals surface area (Å²) in [5.74, 6) is 3.81. The van der Waals surface area contributed by atoms with Gasteiger partial charge in [0.25, 0.3) is 0 Å². The highest BCUT2D eigenvalue weighted by Crippen LogP contribution is 2.43. The van der Waals surface area contributed by atoms with Crippen LogP contribution in [0, 0.1) is 23.7 Å². The minimum absolute atomic E-state index is 0.443. The molecule has 1 aliphatic heterocycles. The van der Waals surface area contributed by atoms with Crippen LogP contribution < -0.4 is 0 Å². The van der Waals surface area contributed by atoms with E-state index in [4.69, 9.17) is 9.47 Å². The van der Waals surface area contributed by atoms with E-state index in [1.54, 1.807) is 14.2 Å². The fraction of sp³-hybridized carbons (Fsp3) is 0.455. The first-order valence-electron chi connectivity index (χ1n) is 13.9. The lowest BCUT2D eigenvalue weighted by Gasteiger charge is -2.35. The zero-order chi connectivity index (χ0) is 26.1. The van der Waals surface area contributed by atoms with Gasteiger partial charge < -0.3 is 19.3 Å². The van der Waals surface area contributed by atoms with Crippen molar-refractivity contribution in [2.24, 2.45) is 23.7 Å². The number of nitrogens with zero attached hydrogens (tertiary/aromatic N) is 2. The van der Waals surface area contributed by atoms with Gasteiger partial charge in [0.1, 0.15) is 11.5 Å². The summed E-state index contributed by atoms with van der Waals surface area (Å²) in [7, 11) is 3.60.